The van der Waals surface area contributed by atoms with Crippen LogP contribution in [0, 0.1) is 0 Å². The Kier molecular flexibility index (Phi) is 5.97. The van der Waals surface area contributed by atoms with E-state index in [1.807, 2.05) is 11.3 Å². The first-order chi connectivity index (χ1) is 19.2. The fourth-order valence-corrected chi connectivity index (χ4v) is 9.07. The molecule has 0 radical (unpaired) electrons. The van der Waals surface area contributed by atoms with Crippen LogP contribution in [-0.2, 0) is 0 Å². The van der Waals surface area contributed by atoms with Crippen LogP contribution < -0.4 is 4.90 Å². The van der Waals surface area contributed by atoms with Crippen molar-refractivity contribution < 1.29 is 0 Å². The minimum absolute atomic E-state index is 0.231. The maximum Gasteiger partial charge on any atom is 0.0561 e. The minimum Gasteiger partial charge on any atom is -0.310 e. The summed E-state index contributed by atoms with van der Waals surface area (Å²) in [5.41, 5.74) is 3.55. The van der Waals surface area contributed by atoms with Gasteiger partial charge in [0.15, 0.2) is 0 Å². The summed E-state index contributed by atoms with van der Waals surface area (Å²) in [6.45, 7) is 9.85. The topological polar surface area (TPSA) is 3.24 Å². The normalized spacial score (nSPS) is 17.7. The molecule has 0 saturated heterocycles. The van der Waals surface area contributed by atoms with Gasteiger partial charge in [-0.3, -0.25) is 0 Å². The monoisotopic (exact) mass is 573 g/mol. The molecule has 0 saturated carbocycles. The van der Waals surface area contributed by atoms with Gasteiger partial charge in [0.05, 0.1) is 18.8 Å². The lowest BCUT2D eigenvalue weighted by Crippen LogP contribution is -2.37. The van der Waals surface area contributed by atoms with E-state index in [1.165, 1.54) is 47.7 Å². The molecule has 1 aliphatic rings. The molecule has 0 aliphatic heterocycles. The van der Waals surface area contributed by atoms with Crippen LogP contribution in [0.4, 0.5) is 11.4 Å². The van der Waals surface area contributed by atoms with E-state index in [2.05, 4.69) is 141 Å². The Morgan fingerprint density at radius 1 is 0.775 bits per heavy atom. The number of halogens is 1. The second-order valence-electron chi connectivity index (χ2n) is 12.2. The van der Waals surface area contributed by atoms with Gasteiger partial charge in [-0.15, -0.1) is 11.3 Å². The van der Waals surface area contributed by atoms with Gasteiger partial charge >= 0.3 is 0 Å². The molecule has 1 aliphatic carbocycles. The third-order valence-corrected chi connectivity index (χ3v) is 14.3. The van der Waals surface area contributed by atoms with Crippen LogP contribution in [0.3, 0.4) is 0 Å². The predicted octanol–water partition coefficient (Wildman–Crippen LogP) is 12.1. The van der Waals surface area contributed by atoms with Gasteiger partial charge in [-0.2, -0.15) is 0 Å². The summed E-state index contributed by atoms with van der Waals surface area (Å²) >= 11 is 9.04. The fraction of sp³-hybridized carbons (Fsp3) is 0.167. The molecule has 0 fully saturated rings. The first-order valence-electron chi connectivity index (χ1n) is 13.9. The molecule has 0 N–H and O–H groups in total. The van der Waals surface area contributed by atoms with Crippen molar-refractivity contribution in [3.8, 4) is 0 Å². The molecule has 40 heavy (non-hydrogen) atoms. The first-order valence-corrected chi connectivity index (χ1v) is 18.6. The van der Waals surface area contributed by atoms with E-state index in [9.17, 15) is 0 Å². The predicted molar refractivity (Wildman–Crippen MR) is 181 cm³/mol. The molecule has 1 heterocycles. The van der Waals surface area contributed by atoms with Crippen LogP contribution in [0.2, 0.25) is 29.7 Å². The zero-order valence-corrected chi connectivity index (χ0v) is 25.9. The molecule has 4 heteroatoms. The number of rotatable bonds is 4. The highest BCUT2D eigenvalue weighted by Gasteiger charge is 2.38. The lowest BCUT2D eigenvalue weighted by molar-refractivity contribution is 0.718. The third-order valence-electron chi connectivity index (χ3n) is 8.97. The molecule has 7 rings (SSSR count). The van der Waals surface area contributed by atoms with Gasteiger partial charge in [0.25, 0.3) is 0 Å². The molecular weight excluding hydrogens is 542 g/mol. The molecule has 0 amide bonds. The average Bonchev–Trinajstić information content (AvgIpc) is 3.37. The maximum atomic E-state index is 7.17. The fourth-order valence-electron chi connectivity index (χ4n) is 5.99. The number of allylic oxidation sites excluding steroid dienone is 3. The zero-order valence-electron chi connectivity index (χ0n) is 23.3. The molecule has 0 bridgehead atoms. The van der Waals surface area contributed by atoms with Crippen LogP contribution in [0.25, 0.3) is 41.7 Å². The highest BCUT2D eigenvalue weighted by molar-refractivity contribution is 7.27. The number of anilines is 2. The van der Waals surface area contributed by atoms with Crippen LogP contribution >= 0.6 is 22.9 Å². The highest BCUT2D eigenvalue weighted by atomic mass is 35.5. The Morgan fingerprint density at radius 2 is 1.38 bits per heavy atom. The molecule has 1 atom stereocenters. The molecule has 1 unspecified atom stereocenters. The number of fused-ring (bicyclic) bond motifs is 7. The van der Waals surface area contributed by atoms with Crippen LogP contribution in [-0.4, -0.2) is 8.07 Å². The van der Waals surface area contributed by atoms with Crippen molar-refractivity contribution in [1.82, 2.24) is 0 Å². The smallest absolute Gasteiger partial charge is 0.0561 e. The molecular formula is C36H32ClNSSi. The Balaban J connectivity index is 1.58. The van der Waals surface area contributed by atoms with Crippen LogP contribution in [0.5, 0.6) is 0 Å². The summed E-state index contributed by atoms with van der Waals surface area (Å²) in [7, 11) is -1.41. The summed E-state index contributed by atoms with van der Waals surface area (Å²) in [5, 5.41) is 8.37. The number of thiophene rings is 1. The van der Waals surface area contributed by atoms with Gasteiger partial charge in [0.2, 0.25) is 0 Å². The molecule has 1 nitrogen and oxygen atoms in total. The van der Waals surface area contributed by atoms with Crippen LogP contribution in [0.1, 0.15) is 13.3 Å². The van der Waals surface area contributed by atoms with Crippen molar-refractivity contribution in [2.75, 3.05) is 4.90 Å². The second kappa shape index (κ2) is 9.34. The number of benzene rings is 5. The van der Waals surface area contributed by atoms with Gasteiger partial charge in [0.1, 0.15) is 0 Å². The summed E-state index contributed by atoms with van der Waals surface area (Å²) in [6.07, 6.45) is 8.35. The summed E-state index contributed by atoms with van der Waals surface area (Å²) < 4.78 is 2.54. The van der Waals surface area contributed by atoms with Gasteiger partial charge in [-0.25, -0.2) is 0 Å². The Bertz CT molecular complexity index is 2000. The Labute approximate surface area is 246 Å². The zero-order chi connectivity index (χ0) is 27.6. The summed E-state index contributed by atoms with van der Waals surface area (Å²) in [5.74, 6) is 0. The minimum atomic E-state index is -1.41. The maximum absolute atomic E-state index is 7.17. The first kappa shape index (κ1) is 25.6. The lowest BCUT2D eigenvalue weighted by Gasteiger charge is -2.40. The van der Waals surface area contributed by atoms with E-state index in [0.29, 0.717) is 0 Å². The van der Waals surface area contributed by atoms with Gasteiger partial charge in [-0.1, -0.05) is 117 Å². The van der Waals surface area contributed by atoms with Gasteiger partial charge in [-0.05, 0) is 63.3 Å². The van der Waals surface area contributed by atoms with E-state index in [-0.39, 0.29) is 5.04 Å². The van der Waals surface area contributed by atoms with E-state index in [0.717, 1.165) is 22.5 Å². The van der Waals surface area contributed by atoms with Crippen molar-refractivity contribution in [2.24, 2.45) is 0 Å². The van der Waals surface area contributed by atoms with E-state index >= 15 is 0 Å². The Hall–Kier alpha value is -3.37. The van der Waals surface area contributed by atoms with Gasteiger partial charge < -0.3 is 4.90 Å². The van der Waals surface area contributed by atoms with Gasteiger partial charge in [0, 0.05) is 31.6 Å². The van der Waals surface area contributed by atoms with Crippen molar-refractivity contribution >= 4 is 84.1 Å². The largest absolute Gasteiger partial charge is 0.310 e. The molecule has 6 aromatic rings. The van der Waals surface area contributed by atoms with Crippen molar-refractivity contribution in [1.29, 1.82) is 0 Å². The molecule has 1 aromatic heterocycles. The molecule has 198 valence electrons. The van der Waals surface area contributed by atoms with E-state index < -0.39 is 8.07 Å². The van der Waals surface area contributed by atoms with Crippen molar-refractivity contribution in [2.45, 2.75) is 38.0 Å². The average molecular weight is 574 g/mol. The molecule has 5 aromatic carbocycles. The SMILES string of the molecule is CC1([Si](C)(C)C)C=CC(N(c2ccccc2)c2cc3ccccc3c3sc4c5ccccc5cc(Cl)c4c23)=CC1. The quantitative estimate of drug-likeness (QED) is 0.189. The van der Waals surface area contributed by atoms with Crippen molar-refractivity contribution in [3.05, 3.63) is 120 Å². The third kappa shape index (κ3) is 3.94. The van der Waals surface area contributed by atoms with E-state index in [1.54, 1.807) is 0 Å². The lowest BCUT2D eigenvalue weighted by atomic mass is 9.97. The number of hydrogen-bond donors (Lipinski definition) is 0. The van der Waals surface area contributed by atoms with Crippen molar-refractivity contribution in [3.63, 3.8) is 0 Å². The van der Waals surface area contributed by atoms with Crippen LogP contribution in [0.15, 0.2) is 115 Å². The summed E-state index contributed by atoms with van der Waals surface area (Å²) in [6, 6.07) is 32.7. The number of nitrogens with zero attached hydrogens (tertiary/aromatic N) is 1. The number of hydrogen-bond acceptors (Lipinski definition) is 2. The molecule has 0 spiro atoms. The highest BCUT2D eigenvalue weighted by Crippen LogP contribution is 2.52. The Morgan fingerprint density at radius 3 is 2.00 bits per heavy atom. The standard InChI is InChI=1S/C36H32ClNSSi/c1-36(40(2,3)4)20-18-27(19-21-36)38(26-14-6-5-7-15-26)31-23-25-13-9-11-17-29(25)35-33(31)32-30(37)22-24-12-8-10-16-28(24)34(32)39-35/h5-20,22-23H,21H2,1-4H3. The summed E-state index contributed by atoms with van der Waals surface area (Å²) in [4.78, 5) is 2.45. The van der Waals surface area contributed by atoms with E-state index in [4.69, 9.17) is 11.6 Å². The number of para-hydroxylation sites is 1. The second-order valence-corrected chi connectivity index (χ2v) is 19.3.